The van der Waals surface area contributed by atoms with E-state index in [1.165, 1.54) is 12.8 Å². The van der Waals surface area contributed by atoms with E-state index in [9.17, 15) is 0 Å². The van der Waals surface area contributed by atoms with Crippen LogP contribution in [0, 0.1) is 0 Å². The van der Waals surface area contributed by atoms with Gasteiger partial charge in [0.1, 0.15) is 0 Å². The van der Waals surface area contributed by atoms with Crippen molar-refractivity contribution < 1.29 is 5.11 Å². The molecule has 0 amide bonds. The molecule has 1 rings (SSSR count). The van der Waals surface area contributed by atoms with Crippen LogP contribution in [0.5, 0.6) is 0 Å². The Morgan fingerprint density at radius 3 is 2.57 bits per heavy atom. The molecule has 84 valence electrons. The molecule has 1 saturated carbocycles. The van der Waals surface area contributed by atoms with Gasteiger partial charge in [-0.1, -0.05) is 0 Å². The van der Waals surface area contributed by atoms with Crippen LogP contribution in [-0.2, 0) is 0 Å². The van der Waals surface area contributed by atoms with E-state index in [1.807, 2.05) is 0 Å². The van der Waals surface area contributed by atoms with E-state index in [4.69, 9.17) is 10.8 Å². The quantitative estimate of drug-likeness (QED) is 0.620. The zero-order valence-electron chi connectivity index (χ0n) is 9.21. The van der Waals surface area contributed by atoms with E-state index in [0.29, 0.717) is 24.7 Å². The third kappa shape index (κ3) is 4.40. The molecule has 0 aromatic rings. The summed E-state index contributed by atoms with van der Waals surface area (Å²) in [5, 5.41) is 12.3. The molecule has 0 aliphatic heterocycles. The lowest BCUT2D eigenvalue weighted by molar-refractivity contribution is 0.264. The highest BCUT2D eigenvalue weighted by atomic mass is 16.2. The lowest BCUT2D eigenvalue weighted by Gasteiger charge is -2.29. The van der Waals surface area contributed by atoms with E-state index in [2.05, 4.69) is 12.2 Å². The summed E-state index contributed by atoms with van der Waals surface area (Å²) in [5.74, 6) is 0. The Morgan fingerprint density at radius 2 is 2.00 bits per heavy atom. The molecule has 0 heterocycles. The zero-order valence-corrected chi connectivity index (χ0v) is 9.21. The van der Waals surface area contributed by atoms with E-state index < -0.39 is 0 Å². The Hall–Kier alpha value is -0.120. The first-order valence-corrected chi connectivity index (χ1v) is 5.85. The molecule has 1 atom stereocenters. The third-order valence-electron chi connectivity index (χ3n) is 3.09. The topological polar surface area (TPSA) is 58.3 Å². The minimum Gasteiger partial charge on any atom is -0.396 e. The molecule has 3 nitrogen and oxygen atoms in total. The summed E-state index contributed by atoms with van der Waals surface area (Å²) in [7, 11) is 0. The van der Waals surface area contributed by atoms with Crippen LogP contribution in [0.15, 0.2) is 0 Å². The molecule has 1 aliphatic carbocycles. The molecule has 4 N–H and O–H groups in total. The molecule has 0 bridgehead atoms. The molecular formula is C11H24N2O. The molecular weight excluding hydrogens is 176 g/mol. The minimum atomic E-state index is 0.307. The molecule has 1 fully saturated rings. The predicted molar refractivity (Wildman–Crippen MR) is 59.1 cm³/mol. The Kier molecular flexibility index (Phi) is 5.45. The molecule has 0 radical (unpaired) electrons. The predicted octanol–water partition coefficient (Wildman–Crippen LogP) is 1.01. The van der Waals surface area contributed by atoms with Crippen LogP contribution in [-0.4, -0.2) is 29.8 Å². The highest BCUT2D eigenvalue weighted by Gasteiger charge is 2.19. The fourth-order valence-electron chi connectivity index (χ4n) is 2.17. The summed E-state index contributed by atoms with van der Waals surface area (Å²) < 4.78 is 0. The fraction of sp³-hybridized carbons (Fsp3) is 1.00. The average Bonchev–Trinajstić information content (AvgIpc) is 2.18. The molecule has 14 heavy (non-hydrogen) atoms. The van der Waals surface area contributed by atoms with Crippen molar-refractivity contribution in [3.05, 3.63) is 0 Å². The van der Waals surface area contributed by atoms with Gasteiger partial charge in [0.15, 0.2) is 0 Å². The van der Waals surface area contributed by atoms with Crippen LogP contribution in [0.3, 0.4) is 0 Å². The normalized spacial score (nSPS) is 30.2. The van der Waals surface area contributed by atoms with Gasteiger partial charge in [-0.2, -0.15) is 0 Å². The van der Waals surface area contributed by atoms with Gasteiger partial charge in [0.2, 0.25) is 0 Å². The van der Waals surface area contributed by atoms with Crippen molar-refractivity contribution in [1.82, 2.24) is 5.32 Å². The van der Waals surface area contributed by atoms with Crippen LogP contribution in [0.2, 0.25) is 0 Å². The highest BCUT2D eigenvalue weighted by Crippen LogP contribution is 2.17. The minimum absolute atomic E-state index is 0.307. The first kappa shape index (κ1) is 12.0. The van der Waals surface area contributed by atoms with Crippen molar-refractivity contribution in [2.45, 2.75) is 63.6 Å². The molecule has 1 aliphatic rings. The Morgan fingerprint density at radius 1 is 1.36 bits per heavy atom. The summed E-state index contributed by atoms with van der Waals surface area (Å²) >= 11 is 0. The Bertz CT molecular complexity index is 144. The summed E-state index contributed by atoms with van der Waals surface area (Å²) in [6.07, 6.45) is 6.71. The third-order valence-corrected chi connectivity index (χ3v) is 3.09. The largest absolute Gasteiger partial charge is 0.396 e. The fourth-order valence-corrected chi connectivity index (χ4v) is 2.17. The Balaban J connectivity index is 2.10. The zero-order chi connectivity index (χ0) is 10.4. The lowest BCUT2D eigenvalue weighted by atomic mass is 9.91. The molecule has 0 saturated heterocycles. The summed E-state index contributed by atoms with van der Waals surface area (Å²) in [5.41, 5.74) is 5.85. The number of aliphatic hydroxyl groups excluding tert-OH is 1. The van der Waals surface area contributed by atoms with Crippen molar-refractivity contribution in [3.8, 4) is 0 Å². The van der Waals surface area contributed by atoms with Gasteiger partial charge in [-0.05, 0) is 45.4 Å². The number of hydrogen-bond donors (Lipinski definition) is 3. The van der Waals surface area contributed by atoms with Crippen LogP contribution in [0.4, 0.5) is 0 Å². The first-order chi connectivity index (χ1) is 6.72. The maximum absolute atomic E-state index is 8.71. The van der Waals surface area contributed by atoms with Gasteiger partial charge in [-0.3, -0.25) is 0 Å². The number of hydrogen-bond acceptors (Lipinski definition) is 3. The SMILES string of the molecule is CC(CCCO)NC1CCC(N)CC1. The smallest absolute Gasteiger partial charge is 0.0431 e. The van der Waals surface area contributed by atoms with Gasteiger partial charge in [0.25, 0.3) is 0 Å². The van der Waals surface area contributed by atoms with Gasteiger partial charge < -0.3 is 16.2 Å². The van der Waals surface area contributed by atoms with Crippen molar-refractivity contribution in [3.63, 3.8) is 0 Å². The van der Waals surface area contributed by atoms with Crippen molar-refractivity contribution in [2.75, 3.05) is 6.61 Å². The number of nitrogens with two attached hydrogens (primary N) is 1. The Labute approximate surface area is 87.1 Å². The molecule has 3 heteroatoms. The van der Waals surface area contributed by atoms with Gasteiger partial charge in [-0.15, -0.1) is 0 Å². The van der Waals surface area contributed by atoms with Gasteiger partial charge in [0, 0.05) is 24.7 Å². The van der Waals surface area contributed by atoms with Crippen LogP contribution < -0.4 is 11.1 Å². The van der Waals surface area contributed by atoms with E-state index in [1.54, 1.807) is 0 Å². The summed E-state index contributed by atoms with van der Waals surface area (Å²) in [6, 6.07) is 1.62. The monoisotopic (exact) mass is 200 g/mol. The van der Waals surface area contributed by atoms with Crippen molar-refractivity contribution in [2.24, 2.45) is 5.73 Å². The summed E-state index contributed by atoms with van der Waals surface area (Å²) in [6.45, 7) is 2.51. The molecule has 0 spiro atoms. The second-order valence-corrected chi connectivity index (χ2v) is 4.55. The number of aliphatic hydroxyl groups is 1. The van der Waals surface area contributed by atoms with E-state index in [0.717, 1.165) is 25.7 Å². The van der Waals surface area contributed by atoms with Crippen LogP contribution in [0.25, 0.3) is 0 Å². The number of rotatable bonds is 5. The van der Waals surface area contributed by atoms with E-state index >= 15 is 0 Å². The molecule has 0 aromatic heterocycles. The van der Waals surface area contributed by atoms with Crippen molar-refractivity contribution >= 4 is 0 Å². The van der Waals surface area contributed by atoms with Gasteiger partial charge >= 0.3 is 0 Å². The van der Waals surface area contributed by atoms with Crippen LogP contribution in [0.1, 0.15) is 45.4 Å². The number of nitrogens with one attached hydrogen (secondary N) is 1. The van der Waals surface area contributed by atoms with Gasteiger partial charge in [-0.25, -0.2) is 0 Å². The van der Waals surface area contributed by atoms with E-state index in [-0.39, 0.29) is 0 Å². The maximum atomic E-state index is 8.71. The lowest BCUT2D eigenvalue weighted by Crippen LogP contribution is -2.41. The highest BCUT2D eigenvalue weighted by molar-refractivity contribution is 4.80. The van der Waals surface area contributed by atoms with Crippen LogP contribution >= 0.6 is 0 Å². The standard InChI is InChI=1S/C11H24N2O/c1-9(3-2-8-14)13-11-6-4-10(12)5-7-11/h9-11,13-14H,2-8,12H2,1H3. The van der Waals surface area contributed by atoms with Gasteiger partial charge in [0.05, 0.1) is 0 Å². The maximum Gasteiger partial charge on any atom is 0.0431 e. The first-order valence-electron chi connectivity index (χ1n) is 5.85. The van der Waals surface area contributed by atoms with Crippen molar-refractivity contribution in [1.29, 1.82) is 0 Å². The average molecular weight is 200 g/mol. The second kappa shape index (κ2) is 6.38. The molecule has 0 aromatic carbocycles. The second-order valence-electron chi connectivity index (χ2n) is 4.55. The summed E-state index contributed by atoms with van der Waals surface area (Å²) in [4.78, 5) is 0. The molecule has 1 unspecified atom stereocenters.